The van der Waals surface area contributed by atoms with Gasteiger partial charge in [-0.1, -0.05) is 26.0 Å². The van der Waals surface area contributed by atoms with Gasteiger partial charge in [-0.05, 0) is 23.6 Å². The first-order chi connectivity index (χ1) is 5.61. The lowest BCUT2D eigenvalue weighted by Crippen LogP contribution is -1.99. The van der Waals surface area contributed by atoms with Gasteiger partial charge in [0.1, 0.15) is 0 Å². The Morgan fingerprint density at radius 1 is 1.08 bits per heavy atom. The zero-order valence-corrected chi connectivity index (χ0v) is 8.12. The Hall–Kier alpha value is -0.430. The molecule has 2 N–H and O–H groups in total. The van der Waals surface area contributed by atoms with Crippen molar-refractivity contribution in [2.75, 3.05) is 0 Å². The summed E-state index contributed by atoms with van der Waals surface area (Å²) in [5, 5.41) is 0.606. The van der Waals surface area contributed by atoms with E-state index in [4.69, 9.17) is 9.79 Å². The summed E-state index contributed by atoms with van der Waals surface area (Å²) >= 11 is 0. The molecule has 66 valence electrons. The summed E-state index contributed by atoms with van der Waals surface area (Å²) in [6.45, 7) is 4.21. The van der Waals surface area contributed by atoms with Crippen LogP contribution < -0.4 is 5.30 Å². The van der Waals surface area contributed by atoms with E-state index in [-0.39, 0.29) is 0 Å². The Bertz CT molecular complexity index is 214. The van der Waals surface area contributed by atoms with Gasteiger partial charge in [0.2, 0.25) is 0 Å². The van der Waals surface area contributed by atoms with Crippen molar-refractivity contribution in [3.63, 3.8) is 0 Å². The number of hydrogen-bond acceptors (Lipinski definition) is 2. The van der Waals surface area contributed by atoms with E-state index in [9.17, 15) is 0 Å². The van der Waals surface area contributed by atoms with Crippen molar-refractivity contribution in [3.8, 4) is 0 Å². The number of rotatable bonds is 2. The average Bonchev–Trinajstić information content (AvgIpc) is 2.04. The predicted molar refractivity (Wildman–Crippen MR) is 51.5 cm³/mol. The Morgan fingerprint density at radius 3 is 1.92 bits per heavy atom. The van der Waals surface area contributed by atoms with E-state index in [0.29, 0.717) is 11.2 Å². The summed E-state index contributed by atoms with van der Waals surface area (Å²) in [7, 11) is -1.93. The number of hydrogen-bond donors (Lipinski definition) is 2. The molecule has 0 unspecified atom stereocenters. The van der Waals surface area contributed by atoms with Crippen LogP contribution in [0.4, 0.5) is 0 Å². The first kappa shape index (κ1) is 9.66. The van der Waals surface area contributed by atoms with Gasteiger partial charge in [-0.15, -0.1) is 0 Å². The van der Waals surface area contributed by atoms with Gasteiger partial charge in [0.25, 0.3) is 0 Å². The molecule has 0 radical (unpaired) electrons. The van der Waals surface area contributed by atoms with Gasteiger partial charge in [-0.25, -0.2) is 0 Å². The van der Waals surface area contributed by atoms with Gasteiger partial charge < -0.3 is 9.79 Å². The molecule has 0 bridgehead atoms. The van der Waals surface area contributed by atoms with Crippen molar-refractivity contribution in [1.29, 1.82) is 0 Å². The second kappa shape index (κ2) is 3.99. The lowest BCUT2D eigenvalue weighted by Gasteiger charge is -2.06. The SMILES string of the molecule is CC(C)c1ccc(P(O)O)cc1. The molecule has 0 aliphatic heterocycles. The Morgan fingerprint density at radius 2 is 1.58 bits per heavy atom. The Balaban J connectivity index is 2.86. The smallest absolute Gasteiger partial charge is 0.199 e. The summed E-state index contributed by atoms with van der Waals surface area (Å²) in [5.74, 6) is 0.489. The fourth-order valence-corrected chi connectivity index (χ4v) is 1.41. The van der Waals surface area contributed by atoms with Gasteiger partial charge in [0.15, 0.2) is 8.38 Å². The zero-order valence-electron chi connectivity index (χ0n) is 7.23. The predicted octanol–water partition coefficient (Wildman–Crippen LogP) is 1.73. The Kier molecular flexibility index (Phi) is 3.21. The van der Waals surface area contributed by atoms with Crippen LogP contribution in [0.1, 0.15) is 25.3 Å². The van der Waals surface area contributed by atoms with Crippen molar-refractivity contribution < 1.29 is 9.79 Å². The summed E-state index contributed by atoms with van der Waals surface area (Å²) in [6, 6.07) is 7.39. The van der Waals surface area contributed by atoms with Crippen LogP contribution in [0, 0.1) is 0 Å². The van der Waals surface area contributed by atoms with E-state index in [2.05, 4.69) is 13.8 Å². The van der Waals surface area contributed by atoms with E-state index in [1.165, 1.54) is 5.56 Å². The topological polar surface area (TPSA) is 40.5 Å². The highest BCUT2D eigenvalue weighted by molar-refractivity contribution is 7.54. The molecule has 0 fully saturated rings. The van der Waals surface area contributed by atoms with Gasteiger partial charge >= 0.3 is 0 Å². The lowest BCUT2D eigenvalue weighted by atomic mass is 10.0. The normalized spacial score (nSPS) is 11.2. The van der Waals surface area contributed by atoms with Crippen LogP contribution in [0.25, 0.3) is 0 Å². The third kappa shape index (κ3) is 2.28. The van der Waals surface area contributed by atoms with E-state index in [1.54, 1.807) is 12.1 Å². The highest BCUT2D eigenvalue weighted by Gasteiger charge is 2.03. The summed E-state index contributed by atoms with van der Waals surface area (Å²) < 4.78 is 0. The largest absolute Gasteiger partial charge is 0.347 e. The quantitative estimate of drug-likeness (QED) is 0.687. The van der Waals surface area contributed by atoms with Gasteiger partial charge in [0.05, 0.1) is 0 Å². The van der Waals surface area contributed by atoms with E-state index < -0.39 is 8.38 Å². The van der Waals surface area contributed by atoms with E-state index in [1.807, 2.05) is 12.1 Å². The highest BCUT2D eigenvalue weighted by Crippen LogP contribution is 2.23. The molecule has 0 heterocycles. The molecule has 0 aliphatic rings. The van der Waals surface area contributed by atoms with Crippen LogP contribution in [0.2, 0.25) is 0 Å². The molecule has 1 rings (SSSR count). The second-order valence-electron chi connectivity index (χ2n) is 3.04. The Labute approximate surface area is 73.8 Å². The summed E-state index contributed by atoms with van der Waals surface area (Å²) in [4.78, 5) is 17.7. The van der Waals surface area contributed by atoms with Crippen LogP contribution in [-0.2, 0) is 0 Å². The second-order valence-corrected chi connectivity index (χ2v) is 4.13. The molecule has 2 nitrogen and oxygen atoms in total. The van der Waals surface area contributed by atoms with Crippen LogP contribution in [0.5, 0.6) is 0 Å². The van der Waals surface area contributed by atoms with E-state index in [0.717, 1.165) is 0 Å². The third-order valence-electron chi connectivity index (χ3n) is 1.79. The maximum atomic E-state index is 8.87. The van der Waals surface area contributed by atoms with Crippen molar-refractivity contribution >= 4 is 13.7 Å². The van der Waals surface area contributed by atoms with Crippen LogP contribution >= 0.6 is 8.38 Å². The summed E-state index contributed by atoms with van der Waals surface area (Å²) in [6.07, 6.45) is 0. The van der Waals surface area contributed by atoms with Gasteiger partial charge in [0, 0.05) is 5.30 Å². The molecule has 1 aromatic rings. The average molecular weight is 184 g/mol. The van der Waals surface area contributed by atoms with Crippen LogP contribution in [0.15, 0.2) is 24.3 Å². The first-order valence-electron chi connectivity index (χ1n) is 3.89. The maximum absolute atomic E-state index is 8.87. The van der Waals surface area contributed by atoms with Crippen molar-refractivity contribution in [1.82, 2.24) is 0 Å². The highest BCUT2D eigenvalue weighted by atomic mass is 31.2. The summed E-state index contributed by atoms with van der Waals surface area (Å²) in [5.41, 5.74) is 1.22. The first-order valence-corrected chi connectivity index (χ1v) is 5.14. The van der Waals surface area contributed by atoms with Crippen molar-refractivity contribution in [3.05, 3.63) is 29.8 Å². The van der Waals surface area contributed by atoms with E-state index >= 15 is 0 Å². The molecule has 0 aliphatic carbocycles. The van der Waals surface area contributed by atoms with Gasteiger partial charge in [-0.2, -0.15) is 0 Å². The molecule has 0 saturated heterocycles. The standard InChI is InChI=1S/C9H13O2P/c1-7(2)8-3-5-9(6-4-8)12(10)11/h3-7,10-11H,1-2H3. The zero-order chi connectivity index (χ0) is 9.14. The van der Waals surface area contributed by atoms with Crippen LogP contribution in [-0.4, -0.2) is 9.79 Å². The molecule has 12 heavy (non-hydrogen) atoms. The van der Waals surface area contributed by atoms with Crippen molar-refractivity contribution in [2.24, 2.45) is 0 Å². The van der Waals surface area contributed by atoms with Gasteiger partial charge in [-0.3, -0.25) is 0 Å². The minimum atomic E-state index is -1.93. The molecular weight excluding hydrogens is 171 g/mol. The molecule has 1 aromatic carbocycles. The maximum Gasteiger partial charge on any atom is 0.199 e. The monoisotopic (exact) mass is 184 g/mol. The third-order valence-corrected chi connectivity index (χ3v) is 2.55. The minimum absolute atomic E-state index is 0.489. The fraction of sp³-hybridized carbons (Fsp3) is 0.333. The number of benzene rings is 1. The van der Waals surface area contributed by atoms with Crippen LogP contribution in [0.3, 0.4) is 0 Å². The minimum Gasteiger partial charge on any atom is -0.347 e. The molecule has 0 aromatic heterocycles. The molecule has 0 saturated carbocycles. The molecular formula is C9H13O2P. The fourth-order valence-electron chi connectivity index (χ4n) is 0.993. The molecule has 0 spiro atoms. The van der Waals surface area contributed by atoms with Crippen molar-refractivity contribution in [2.45, 2.75) is 19.8 Å². The molecule has 0 amide bonds. The molecule has 0 atom stereocenters. The lowest BCUT2D eigenvalue weighted by molar-refractivity contribution is 0.497. The molecule has 3 heteroatoms.